The van der Waals surface area contributed by atoms with Crippen LogP contribution >= 0.6 is 11.6 Å². The van der Waals surface area contributed by atoms with Gasteiger partial charge in [0.25, 0.3) is 0 Å². The van der Waals surface area contributed by atoms with E-state index >= 15 is 0 Å². The SMILES string of the molecule is CCc1cc(C(=O)O)c2nc3ccccc3n2c1Cl. The lowest BCUT2D eigenvalue weighted by atomic mass is 10.1. The van der Waals surface area contributed by atoms with Crippen LogP contribution in [-0.2, 0) is 6.42 Å². The van der Waals surface area contributed by atoms with Gasteiger partial charge in [0.2, 0.25) is 0 Å². The summed E-state index contributed by atoms with van der Waals surface area (Å²) in [6.07, 6.45) is 0.668. The highest BCUT2D eigenvalue weighted by molar-refractivity contribution is 6.31. The molecule has 96 valence electrons. The van der Waals surface area contributed by atoms with Crippen LogP contribution in [0.2, 0.25) is 5.15 Å². The molecular formula is C14H11ClN2O2. The van der Waals surface area contributed by atoms with Gasteiger partial charge in [-0.25, -0.2) is 9.78 Å². The lowest BCUT2D eigenvalue weighted by Gasteiger charge is -2.07. The van der Waals surface area contributed by atoms with E-state index in [2.05, 4.69) is 4.98 Å². The molecule has 3 aromatic rings. The molecule has 0 radical (unpaired) electrons. The van der Waals surface area contributed by atoms with Crippen LogP contribution in [0, 0.1) is 0 Å². The van der Waals surface area contributed by atoms with Gasteiger partial charge < -0.3 is 5.11 Å². The van der Waals surface area contributed by atoms with Crippen molar-refractivity contribution in [2.75, 3.05) is 0 Å². The summed E-state index contributed by atoms with van der Waals surface area (Å²) in [5, 5.41) is 9.85. The standard InChI is InChI=1S/C14H11ClN2O2/c1-2-8-7-9(14(18)19)13-16-10-5-3-4-6-11(10)17(13)12(8)15/h3-7H,2H2,1H3,(H,18,19). The van der Waals surface area contributed by atoms with Gasteiger partial charge in [-0.3, -0.25) is 4.40 Å². The Balaban J connectivity index is 2.57. The fourth-order valence-electron chi connectivity index (χ4n) is 2.25. The number of carboxylic acid groups (broad SMARTS) is 1. The van der Waals surface area contributed by atoms with Crippen LogP contribution in [0.25, 0.3) is 16.7 Å². The van der Waals surface area contributed by atoms with Crippen LogP contribution in [0.4, 0.5) is 0 Å². The average Bonchev–Trinajstić information content (AvgIpc) is 2.78. The molecular weight excluding hydrogens is 264 g/mol. The van der Waals surface area contributed by atoms with Crippen molar-refractivity contribution in [3.63, 3.8) is 0 Å². The Bertz CT molecular complexity index is 808. The van der Waals surface area contributed by atoms with E-state index < -0.39 is 5.97 Å². The summed E-state index contributed by atoms with van der Waals surface area (Å²) >= 11 is 6.37. The van der Waals surface area contributed by atoms with Crippen LogP contribution in [-0.4, -0.2) is 20.5 Å². The zero-order valence-electron chi connectivity index (χ0n) is 10.2. The molecule has 5 heteroatoms. The van der Waals surface area contributed by atoms with Crippen molar-refractivity contribution in [3.05, 3.63) is 46.6 Å². The molecule has 0 saturated heterocycles. The fourth-order valence-corrected chi connectivity index (χ4v) is 2.61. The number of aromatic carboxylic acids is 1. The predicted octanol–water partition coefficient (Wildman–Crippen LogP) is 3.40. The maximum Gasteiger partial charge on any atom is 0.339 e. The summed E-state index contributed by atoms with van der Waals surface area (Å²) in [7, 11) is 0. The van der Waals surface area contributed by atoms with E-state index in [4.69, 9.17) is 11.6 Å². The third kappa shape index (κ3) is 1.68. The summed E-state index contributed by atoms with van der Waals surface area (Å²) in [6.45, 7) is 1.94. The van der Waals surface area contributed by atoms with Crippen molar-refractivity contribution >= 4 is 34.3 Å². The monoisotopic (exact) mass is 274 g/mol. The third-order valence-electron chi connectivity index (χ3n) is 3.19. The Labute approximate surface area is 114 Å². The molecule has 0 atom stereocenters. The minimum absolute atomic E-state index is 0.178. The highest BCUT2D eigenvalue weighted by Gasteiger charge is 2.18. The normalized spacial score (nSPS) is 11.3. The highest BCUT2D eigenvalue weighted by Crippen LogP contribution is 2.27. The van der Waals surface area contributed by atoms with E-state index in [0.29, 0.717) is 17.2 Å². The zero-order chi connectivity index (χ0) is 13.6. The van der Waals surface area contributed by atoms with Gasteiger partial charge in [0, 0.05) is 0 Å². The number of hydrogen-bond acceptors (Lipinski definition) is 2. The first-order valence-electron chi connectivity index (χ1n) is 5.95. The van der Waals surface area contributed by atoms with Crippen LogP contribution < -0.4 is 0 Å². The largest absolute Gasteiger partial charge is 0.478 e. The summed E-state index contributed by atoms with van der Waals surface area (Å²) in [5.41, 5.74) is 2.92. The average molecular weight is 275 g/mol. The minimum atomic E-state index is -0.994. The molecule has 19 heavy (non-hydrogen) atoms. The molecule has 3 rings (SSSR count). The maximum absolute atomic E-state index is 11.4. The molecule has 2 heterocycles. The van der Waals surface area contributed by atoms with Gasteiger partial charge in [-0.05, 0) is 30.2 Å². The van der Waals surface area contributed by atoms with Gasteiger partial charge in [0.05, 0.1) is 11.0 Å². The molecule has 0 unspecified atom stereocenters. The Hall–Kier alpha value is -2.07. The van der Waals surface area contributed by atoms with Crippen LogP contribution in [0.1, 0.15) is 22.8 Å². The van der Waals surface area contributed by atoms with E-state index in [0.717, 1.165) is 16.6 Å². The molecule has 0 fully saturated rings. The number of aromatic nitrogens is 2. The second kappa shape index (κ2) is 4.24. The number of para-hydroxylation sites is 2. The predicted molar refractivity (Wildman–Crippen MR) is 74.0 cm³/mol. The first kappa shape index (κ1) is 12.0. The number of halogens is 1. The van der Waals surface area contributed by atoms with Crippen molar-refractivity contribution in [1.82, 2.24) is 9.38 Å². The molecule has 4 nitrogen and oxygen atoms in total. The fraction of sp³-hybridized carbons (Fsp3) is 0.143. The topological polar surface area (TPSA) is 54.6 Å². The second-order valence-corrected chi connectivity index (χ2v) is 4.65. The first-order valence-corrected chi connectivity index (χ1v) is 6.33. The molecule has 0 spiro atoms. The number of carbonyl (C=O) groups is 1. The van der Waals surface area contributed by atoms with E-state index in [9.17, 15) is 9.90 Å². The number of hydrogen-bond donors (Lipinski definition) is 1. The van der Waals surface area contributed by atoms with E-state index in [1.54, 1.807) is 10.5 Å². The van der Waals surface area contributed by atoms with Crippen molar-refractivity contribution in [2.45, 2.75) is 13.3 Å². The number of pyridine rings is 1. The van der Waals surface area contributed by atoms with Crippen LogP contribution in [0.3, 0.4) is 0 Å². The summed E-state index contributed by atoms with van der Waals surface area (Å²) in [4.78, 5) is 15.7. The van der Waals surface area contributed by atoms with Gasteiger partial charge in [-0.15, -0.1) is 0 Å². The molecule has 0 aliphatic heterocycles. The Kier molecular flexibility index (Phi) is 2.68. The van der Waals surface area contributed by atoms with Crippen LogP contribution in [0.15, 0.2) is 30.3 Å². The number of nitrogens with zero attached hydrogens (tertiary/aromatic N) is 2. The highest BCUT2D eigenvalue weighted by atomic mass is 35.5. The van der Waals surface area contributed by atoms with Crippen molar-refractivity contribution in [3.8, 4) is 0 Å². The van der Waals surface area contributed by atoms with Crippen molar-refractivity contribution in [1.29, 1.82) is 0 Å². The number of fused-ring (bicyclic) bond motifs is 3. The van der Waals surface area contributed by atoms with Gasteiger partial charge in [-0.1, -0.05) is 30.7 Å². The number of carboxylic acids is 1. The zero-order valence-corrected chi connectivity index (χ0v) is 11.0. The quantitative estimate of drug-likeness (QED) is 0.729. The minimum Gasteiger partial charge on any atom is -0.478 e. The molecule has 0 bridgehead atoms. The molecule has 0 aliphatic carbocycles. The Morgan fingerprint density at radius 2 is 2.16 bits per heavy atom. The molecule has 2 aromatic heterocycles. The van der Waals surface area contributed by atoms with Gasteiger partial charge >= 0.3 is 5.97 Å². The number of benzene rings is 1. The molecule has 1 N–H and O–H groups in total. The smallest absolute Gasteiger partial charge is 0.339 e. The molecule has 0 aliphatic rings. The Morgan fingerprint density at radius 3 is 2.84 bits per heavy atom. The lowest BCUT2D eigenvalue weighted by molar-refractivity contribution is 0.0698. The van der Waals surface area contributed by atoms with Gasteiger partial charge in [-0.2, -0.15) is 0 Å². The van der Waals surface area contributed by atoms with E-state index in [-0.39, 0.29) is 5.56 Å². The van der Waals surface area contributed by atoms with E-state index in [1.807, 2.05) is 31.2 Å². The third-order valence-corrected chi connectivity index (χ3v) is 3.60. The van der Waals surface area contributed by atoms with Crippen LogP contribution in [0.5, 0.6) is 0 Å². The van der Waals surface area contributed by atoms with Crippen molar-refractivity contribution < 1.29 is 9.90 Å². The van der Waals surface area contributed by atoms with Gasteiger partial charge in [0.1, 0.15) is 10.7 Å². The number of rotatable bonds is 2. The Morgan fingerprint density at radius 1 is 1.42 bits per heavy atom. The lowest BCUT2D eigenvalue weighted by Crippen LogP contribution is -2.04. The second-order valence-electron chi connectivity index (χ2n) is 4.29. The maximum atomic E-state index is 11.4. The first-order chi connectivity index (χ1) is 9.13. The van der Waals surface area contributed by atoms with Gasteiger partial charge in [0.15, 0.2) is 5.65 Å². The molecule has 1 aromatic carbocycles. The number of imidazole rings is 1. The molecule has 0 saturated carbocycles. The number of aryl methyl sites for hydroxylation is 1. The summed E-state index contributed by atoms with van der Waals surface area (Å²) in [5.74, 6) is -0.994. The summed E-state index contributed by atoms with van der Waals surface area (Å²) < 4.78 is 1.71. The van der Waals surface area contributed by atoms with Crippen molar-refractivity contribution in [2.24, 2.45) is 0 Å². The summed E-state index contributed by atoms with van der Waals surface area (Å²) in [6, 6.07) is 9.07. The molecule has 0 amide bonds. The van der Waals surface area contributed by atoms with E-state index in [1.165, 1.54) is 0 Å².